The monoisotopic (exact) mass is 424 g/mol. The topological polar surface area (TPSA) is 17.1 Å². The van der Waals surface area contributed by atoms with Crippen LogP contribution in [0.2, 0.25) is 0 Å². The molecule has 4 saturated carbocycles. The molecular weight excluding hydrogens is 376 g/mol. The summed E-state index contributed by atoms with van der Waals surface area (Å²) in [5.41, 5.74) is 3.73. The number of hydrogen-bond donors (Lipinski definition) is 0. The maximum absolute atomic E-state index is 12.9. The molecule has 5 aliphatic rings. The number of allylic oxidation sites excluding steroid dienone is 2. The molecule has 0 heterocycles. The Morgan fingerprint density at radius 2 is 1.35 bits per heavy atom. The van der Waals surface area contributed by atoms with Crippen molar-refractivity contribution < 1.29 is 4.79 Å². The second-order valence-corrected chi connectivity index (χ2v) is 15.1. The van der Waals surface area contributed by atoms with Gasteiger partial charge >= 0.3 is 0 Å². The summed E-state index contributed by atoms with van der Waals surface area (Å²) in [6, 6.07) is 0. The summed E-state index contributed by atoms with van der Waals surface area (Å²) in [6.45, 7) is 20.1. The van der Waals surface area contributed by atoms with Crippen molar-refractivity contribution in [3.63, 3.8) is 0 Å². The van der Waals surface area contributed by atoms with Crippen LogP contribution in [0.5, 0.6) is 0 Å². The van der Waals surface area contributed by atoms with Gasteiger partial charge in [-0.3, -0.25) is 4.79 Å². The highest BCUT2D eigenvalue weighted by molar-refractivity contribution is 5.85. The van der Waals surface area contributed by atoms with Crippen molar-refractivity contribution in [3.8, 4) is 0 Å². The molecule has 0 N–H and O–H groups in total. The first-order valence-corrected chi connectivity index (χ1v) is 13.4. The van der Waals surface area contributed by atoms with E-state index in [0.717, 1.165) is 24.7 Å². The fourth-order valence-corrected chi connectivity index (χ4v) is 10.7. The van der Waals surface area contributed by atoms with Crippen molar-refractivity contribution in [2.24, 2.45) is 50.2 Å². The Bertz CT molecular complexity index is 831. The number of carbonyl (C=O) groups excluding carboxylic acids is 1. The zero-order chi connectivity index (χ0) is 22.7. The predicted molar refractivity (Wildman–Crippen MR) is 130 cm³/mol. The SMILES string of the molecule is CC1(C)CC[C@]2(C)CC=C3[C@]4(C)CCC5C(C)(C)C(=O)CC[C@]5(C)C4CC[C@@]3(C)C2C1. The van der Waals surface area contributed by atoms with E-state index in [0.29, 0.717) is 38.8 Å². The molecule has 5 aliphatic carbocycles. The molecule has 5 rings (SSSR count). The Morgan fingerprint density at radius 1 is 0.742 bits per heavy atom. The number of Topliss-reactive ketones (excluding diaryl/α,β-unsaturated/α-hetero) is 1. The molecule has 1 nitrogen and oxygen atoms in total. The van der Waals surface area contributed by atoms with E-state index < -0.39 is 0 Å². The van der Waals surface area contributed by atoms with E-state index in [1.165, 1.54) is 51.4 Å². The largest absolute Gasteiger partial charge is 0.299 e. The Morgan fingerprint density at radius 3 is 2.03 bits per heavy atom. The maximum atomic E-state index is 12.9. The Balaban J connectivity index is 1.56. The summed E-state index contributed by atoms with van der Waals surface area (Å²) in [7, 11) is 0. The fourth-order valence-electron chi connectivity index (χ4n) is 10.7. The first kappa shape index (κ1) is 22.2. The van der Waals surface area contributed by atoms with Gasteiger partial charge in [-0.05, 0) is 103 Å². The average molecular weight is 425 g/mol. The zero-order valence-electron chi connectivity index (χ0n) is 21.8. The molecule has 0 amide bonds. The molecule has 0 saturated heterocycles. The molecule has 174 valence electrons. The van der Waals surface area contributed by atoms with Crippen LogP contribution in [0.4, 0.5) is 0 Å². The van der Waals surface area contributed by atoms with Gasteiger partial charge in [0.1, 0.15) is 5.78 Å². The van der Waals surface area contributed by atoms with E-state index in [9.17, 15) is 4.79 Å². The number of fused-ring (bicyclic) bond motifs is 7. The number of rotatable bonds is 0. The van der Waals surface area contributed by atoms with E-state index in [2.05, 4.69) is 61.5 Å². The second kappa shape index (κ2) is 6.29. The highest BCUT2D eigenvalue weighted by Gasteiger charge is 2.66. The van der Waals surface area contributed by atoms with Crippen LogP contribution >= 0.6 is 0 Å². The van der Waals surface area contributed by atoms with Crippen molar-refractivity contribution >= 4 is 5.78 Å². The van der Waals surface area contributed by atoms with Crippen LogP contribution in [0.15, 0.2) is 11.6 Å². The summed E-state index contributed by atoms with van der Waals surface area (Å²) in [5, 5.41) is 0. The van der Waals surface area contributed by atoms with Gasteiger partial charge in [-0.15, -0.1) is 0 Å². The molecule has 4 fully saturated rings. The quantitative estimate of drug-likeness (QED) is 0.357. The van der Waals surface area contributed by atoms with Crippen molar-refractivity contribution in [3.05, 3.63) is 11.6 Å². The van der Waals surface area contributed by atoms with Gasteiger partial charge in [-0.25, -0.2) is 0 Å². The Kier molecular flexibility index (Phi) is 4.51. The van der Waals surface area contributed by atoms with Gasteiger partial charge in [-0.1, -0.05) is 67.0 Å². The second-order valence-electron chi connectivity index (χ2n) is 15.1. The average Bonchev–Trinajstić information content (AvgIpc) is 2.66. The summed E-state index contributed by atoms with van der Waals surface area (Å²) < 4.78 is 0. The van der Waals surface area contributed by atoms with Gasteiger partial charge in [-0.2, -0.15) is 0 Å². The molecule has 0 spiro atoms. The number of carbonyl (C=O) groups is 1. The molecule has 0 aliphatic heterocycles. The van der Waals surface area contributed by atoms with Crippen LogP contribution in [0.25, 0.3) is 0 Å². The lowest BCUT2D eigenvalue weighted by Gasteiger charge is -2.69. The minimum absolute atomic E-state index is 0.137. The molecule has 0 aromatic carbocycles. The summed E-state index contributed by atoms with van der Waals surface area (Å²) in [4.78, 5) is 12.9. The van der Waals surface area contributed by atoms with Gasteiger partial charge in [0.25, 0.3) is 0 Å². The van der Waals surface area contributed by atoms with Crippen LogP contribution < -0.4 is 0 Å². The minimum Gasteiger partial charge on any atom is -0.299 e. The van der Waals surface area contributed by atoms with Crippen molar-refractivity contribution in [2.75, 3.05) is 0 Å². The molecule has 0 aromatic rings. The standard InChI is InChI=1S/C30H48O/c1-25(2)17-18-27(5)13-9-21-29(7)14-10-20-26(3,4)24(31)12-16-28(20,6)22(29)11-15-30(21,8)23(27)19-25/h9,20,22-23H,10-19H2,1-8H3/t20?,22?,23?,27-,28-,29-,30+/m0/s1. The van der Waals surface area contributed by atoms with E-state index in [1.807, 2.05) is 5.57 Å². The van der Waals surface area contributed by atoms with E-state index in [4.69, 9.17) is 0 Å². The van der Waals surface area contributed by atoms with E-state index >= 15 is 0 Å². The van der Waals surface area contributed by atoms with Gasteiger partial charge in [0.15, 0.2) is 0 Å². The lowest BCUT2D eigenvalue weighted by molar-refractivity contribution is -0.168. The molecule has 1 heteroatoms. The molecule has 0 bridgehead atoms. The molecule has 7 atom stereocenters. The normalized spacial score (nSPS) is 52.8. The van der Waals surface area contributed by atoms with E-state index in [-0.39, 0.29) is 5.41 Å². The van der Waals surface area contributed by atoms with E-state index in [1.54, 1.807) is 0 Å². The van der Waals surface area contributed by atoms with Crippen molar-refractivity contribution in [1.82, 2.24) is 0 Å². The molecule has 31 heavy (non-hydrogen) atoms. The summed E-state index contributed by atoms with van der Waals surface area (Å²) >= 11 is 0. The van der Waals surface area contributed by atoms with Gasteiger partial charge in [0, 0.05) is 11.8 Å². The molecule has 0 radical (unpaired) electrons. The smallest absolute Gasteiger partial charge is 0.138 e. The van der Waals surface area contributed by atoms with Gasteiger partial charge in [0.2, 0.25) is 0 Å². The highest BCUT2D eigenvalue weighted by Crippen LogP contribution is 2.74. The van der Waals surface area contributed by atoms with Crippen molar-refractivity contribution in [1.29, 1.82) is 0 Å². The third-order valence-corrected chi connectivity index (χ3v) is 12.5. The van der Waals surface area contributed by atoms with Crippen LogP contribution in [-0.2, 0) is 4.79 Å². The van der Waals surface area contributed by atoms with Gasteiger partial charge in [0.05, 0.1) is 0 Å². The molecule has 3 unspecified atom stereocenters. The maximum Gasteiger partial charge on any atom is 0.138 e. The summed E-state index contributed by atoms with van der Waals surface area (Å²) in [6.07, 6.45) is 15.5. The van der Waals surface area contributed by atoms with Crippen LogP contribution in [-0.4, -0.2) is 5.78 Å². The Labute approximate surface area is 192 Å². The lowest BCUT2D eigenvalue weighted by atomic mass is 9.35. The minimum atomic E-state index is -0.137. The third kappa shape index (κ3) is 2.76. The van der Waals surface area contributed by atoms with Gasteiger partial charge < -0.3 is 0 Å². The van der Waals surface area contributed by atoms with Crippen LogP contribution in [0.1, 0.15) is 120 Å². The first-order valence-electron chi connectivity index (χ1n) is 13.4. The van der Waals surface area contributed by atoms with Crippen LogP contribution in [0.3, 0.4) is 0 Å². The molecular formula is C30H48O. The highest BCUT2D eigenvalue weighted by atomic mass is 16.1. The number of ketones is 1. The predicted octanol–water partition coefficient (Wildman–Crippen LogP) is 8.38. The lowest BCUT2D eigenvalue weighted by Crippen LogP contribution is -2.62. The Hall–Kier alpha value is -0.590. The van der Waals surface area contributed by atoms with Crippen molar-refractivity contribution in [2.45, 2.75) is 120 Å². The van der Waals surface area contributed by atoms with Crippen LogP contribution in [0, 0.1) is 50.2 Å². The third-order valence-electron chi connectivity index (χ3n) is 12.5. The first-order chi connectivity index (χ1) is 14.2. The number of hydrogen-bond acceptors (Lipinski definition) is 1. The fraction of sp³-hybridized carbons (Fsp3) is 0.900. The molecule has 0 aromatic heterocycles. The summed E-state index contributed by atoms with van der Waals surface area (Å²) in [5.74, 6) is 2.66. The zero-order valence-corrected chi connectivity index (χ0v) is 21.8.